The Labute approximate surface area is 115 Å². The van der Waals surface area contributed by atoms with Gasteiger partial charge < -0.3 is 15.7 Å². The van der Waals surface area contributed by atoms with Crippen LogP contribution in [0.2, 0.25) is 0 Å². The first-order valence-corrected chi connectivity index (χ1v) is 6.51. The molecular formula is C14H14N2O4. The Bertz CT molecular complexity index is 607. The predicted octanol–water partition coefficient (Wildman–Crippen LogP) is 0.774. The minimum Gasteiger partial charge on any atom is -0.480 e. The number of hydrogen-bond donors (Lipinski definition) is 3. The molecule has 0 bridgehead atoms. The Morgan fingerprint density at radius 2 is 2.10 bits per heavy atom. The Balaban J connectivity index is 1.76. The second-order valence-electron chi connectivity index (χ2n) is 5.22. The van der Waals surface area contributed by atoms with Gasteiger partial charge in [0.05, 0.1) is 6.42 Å². The summed E-state index contributed by atoms with van der Waals surface area (Å²) in [5.74, 6) is -1.49. The van der Waals surface area contributed by atoms with E-state index in [4.69, 9.17) is 5.11 Å². The standard InChI is InChI=1S/C14H14N2O4/c17-11-6-8-3-4-9(5-10(8)15-11)13(18)16-12(14(19)20)7-1-2-7/h3-5,7,12H,1-2,6H2,(H,15,17)(H,16,18)(H,19,20). The van der Waals surface area contributed by atoms with Crippen LogP contribution in [-0.4, -0.2) is 28.9 Å². The summed E-state index contributed by atoms with van der Waals surface area (Å²) in [4.78, 5) is 34.4. The van der Waals surface area contributed by atoms with Crippen molar-refractivity contribution < 1.29 is 19.5 Å². The van der Waals surface area contributed by atoms with Gasteiger partial charge in [0.25, 0.3) is 5.91 Å². The molecule has 104 valence electrons. The number of anilines is 1. The van der Waals surface area contributed by atoms with Crippen LogP contribution in [0.4, 0.5) is 5.69 Å². The van der Waals surface area contributed by atoms with Crippen molar-refractivity contribution in [2.24, 2.45) is 5.92 Å². The Morgan fingerprint density at radius 1 is 1.35 bits per heavy atom. The fraction of sp³-hybridized carbons (Fsp3) is 0.357. The number of benzene rings is 1. The fourth-order valence-corrected chi connectivity index (χ4v) is 2.39. The van der Waals surface area contributed by atoms with Crippen LogP contribution in [-0.2, 0) is 16.0 Å². The molecule has 1 aliphatic heterocycles. The molecule has 6 nitrogen and oxygen atoms in total. The number of fused-ring (bicyclic) bond motifs is 1. The molecule has 6 heteroatoms. The number of nitrogens with one attached hydrogen (secondary N) is 2. The summed E-state index contributed by atoms with van der Waals surface area (Å²) in [6.45, 7) is 0. The van der Waals surface area contributed by atoms with Gasteiger partial charge in [-0.1, -0.05) is 6.07 Å². The molecule has 3 N–H and O–H groups in total. The van der Waals surface area contributed by atoms with Crippen LogP contribution in [0, 0.1) is 5.92 Å². The van der Waals surface area contributed by atoms with Crippen LogP contribution >= 0.6 is 0 Å². The highest BCUT2D eigenvalue weighted by Crippen LogP contribution is 2.33. The number of carbonyl (C=O) groups is 3. The number of rotatable bonds is 4. The van der Waals surface area contributed by atoms with Gasteiger partial charge in [-0.05, 0) is 36.5 Å². The normalized spacial score (nSPS) is 18.1. The Hall–Kier alpha value is -2.37. The average molecular weight is 274 g/mol. The molecule has 1 heterocycles. The van der Waals surface area contributed by atoms with Crippen LogP contribution in [0.1, 0.15) is 28.8 Å². The summed E-state index contributed by atoms with van der Waals surface area (Å²) in [6, 6.07) is 4.08. The molecule has 0 spiro atoms. The van der Waals surface area contributed by atoms with Gasteiger partial charge in [0.1, 0.15) is 6.04 Å². The topological polar surface area (TPSA) is 95.5 Å². The molecule has 1 aliphatic carbocycles. The summed E-state index contributed by atoms with van der Waals surface area (Å²) >= 11 is 0. The number of carbonyl (C=O) groups excluding carboxylic acids is 2. The summed E-state index contributed by atoms with van der Waals surface area (Å²) in [5, 5.41) is 14.3. The van der Waals surface area contributed by atoms with Gasteiger partial charge in [0, 0.05) is 11.3 Å². The number of carboxylic acids is 1. The van der Waals surface area contributed by atoms with Gasteiger partial charge in [-0.25, -0.2) is 4.79 Å². The zero-order valence-electron chi connectivity index (χ0n) is 10.7. The maximum atomic E-state index is 12.1. The van der Waals surface area contributed by atoms with E-state index < -0.39 is 17.9 Å². The molecule has 2 amide bonds. The molecule has 20 heavy (non-hydrogen) atoms. The first kappa shape index (κ1) is 12.7. The third-order valence-electron chi connectivity index (χ3n) is 3.64. The van der Waals surface area contributed by atoms with Crippen LogP contribution in [0.3, 0.4) is 0 Å². The van der Waals surface area contributed by atoms with Crippen molar-refractivity contribution in [1.29, 1.82) is 0 Å². The third-order valence-corrected chi connectivity index (χ3v) is 3.64. The first-order valence-electron chi connectivity index (χ1n) is 6.51. The van der Waals surface area contributed by atoms with Crippen molar-refractivity contribution >= 4 is 23.5 Å². The molecule has 1 atom stereocenters. The van der Waals surface area contributed by atoms with Crippen molar-refractivity contribution in [3.63, 3.8) is 0 Å². The minimum absolute atomic E-state index is 0.0329. The van der Waals surface area contributed by atoms with Gasteiger partial charge in [0.15, 0.2) is 0 Å². The lowest BCUT2D eigenvalue weighted by atomic mass is 10.1. The van der Waals surface area contributed by atoms with E-state index in [2.05, 4.69) is 10.6 Å². The van der Waals surface area contributed by atoms with E-state index in [-0.39, 0.29) is 11.8 Å². The van der Waals surface area contributed by atoms with Gasteiger partial charge >= 0.3 is 5.97 Å². The summed E-state index contributed by atoms with van der Waals surface area (Å²) < 4.78 is 0. The SMILES string of the molecule is O=C1Cc2ccc(C(=O)NC(C(=O)O)C3CC3)cc2N1. The average Bonchev–Trinajstić information content (AvgIpc) is 3.15. The fourth-order valence-electron chi connectivity index (χ4n) is 2.39. The lowest BCUT2D eigenvalue weighted by Crippen LogP contribution is -2.42. The molecule has 1 aromatic rings. The molecule has 2 aliphatic rings. The molecule has 0 radical (unpaired) electrons. The van der Waals surface area contributed by atoms with E-state index in [9.17, 15) is 14.4 Å². The lowest BCUT2D eigenvalue weighted by Gasteiger charge is -2.14. The number of amides is 2. The van der Waals surface area contributed by atoms with Gasteiger partial charge in [-0.15, -0.1) is 0 Å². The highest BCUT2D eigenvalue weighted by molar-refractivity contribution is 6.02. The van der Waals surface area contributed by atoms with Crippen molar-refractivity contribution in [2.45, 2.75) is 25.3 Å². The molecule has 0 aromatic heterocycles. The van der Waals surface area contributed by atoms with Gasteiger partial charge in [-0.2, -0.15) is 0 Å². The van der Waals surface area contributed by atoms with Crippen molar-refractivity contribution in [3.8, 4) is 0 Å². The largest absolute Gasteiger partial charge is 0.480 e. The molecule has 0 saturated heterocycles. The van der Waals surface area contributed by atoms with E-state index in [1.54, 1.807) is 18.2 Å². The second kappa shape index (κ2) is 4.63. The van der Waals surface area contributed by atoms with E-state index in [0.717, 1.165) is 18.4 Å². The lowest BCUT2D eigenvalue weighted by molar-refractivity contribution is -0.139. The molecule has 1 saturated carbocycles. The molecular weight excluding hydrogens is 260 g/mol. The van der Waals surface area contributed by atoms with Gasteiger partial charge in [0.2, 0.25) is 5.91 Å². The quantitative estimate of drug-likeness (QED) is 0.755. The number of carboxylic acid groups (broad SMARTS) is 1. The van der Waals surface area contributed by atoms with E-state index >= 15 is 0 Å². The zero-order chi connectivity index (χ0) is 14.3. The molecule has 1 fully saturated rings. The molecule has 1 unspecified atom stereocenters. The highest BCUT2D eigenvalue weighted by atomic mass is 16.4. The summed E-state index contributed by atoms with van der Waals surface area (Å²) in [5.41, 5.74) is 1.84. The molecule has 3 rings (SSSR count). The smallest absolute Gasteiger partial charge is 0.326 e. The second-order valence-corrected chi connectivity index (χ2v) is 5.22. The summed E-state index contributed by atoms with van der Waals surface area (Å²) in [6.07, 6.45) is 1.98. The monoisotopic (exact) mass is 274 g/mol. The summed E-state index contributed by atoms with van der Waals surface area (Å²) in [7, 11) is 0. The van der Waals surface area contributed by atoms with Crippen molar-refractivity contribution in [3.05, 3.63) is 29.3 Å². The maximum Gasteiger partial charge on any atom is 0.326 e. The van der Waals surface area contributed by atoms with E-state index in [0.29, 0.717) is 17.7 Å². The van der Waals surface area contributed by atoms with Crippen LogP contribution in [0.25, 0.3) is 0 Å². The number of hydrogen-bond acceptors (Lipinski definition) is 3. The molecule has 1 aromatic carbocycles. The Morgan fingerprint density at radius 3 is 2.75 bits per heavy atom. The van der Waals surface area contributed by atoms with E-state index in [1.807, 2.05) is 0 Å². The maximum absolute atomic E-state index is 12.1. The third kappa shape index (κ3) is 2.36. The van der Waals surface area contributed by atoms with Crippen LogP contribution in [0.5, 0.6) is 0 Å². The van der Waals surface area contributed by atoms with Crippen molar-refractivity contribution in [2.75, 3.05) is 5.32 Å². The van der Waals surface area contributed by atoms with Crippen LogP contribution < -0.4 is 10.6 Å². The van der Waals surface area contributed by atoms with Crippen LogP contribution in [0.15, 0.2) is 18.2 Å². The predicted molar refractivity (Wildman–Crippen MR) is 70.4 cm³/mol. The minimum atomic E-state index is -1.00. The number of aliphatic carboxylic acids is 1. The van der Waals surface area contributed by atoms with Crippen molar-refractivity contribution in [1.82, 2.24) is 5.32 Å². The highest BCUT2D eigenvalue weighted by Gasteiger charge is 2.37. The first-order chi connectivity index (χ1) is 9.54. The Kier molecular flexibility index (Phi) is 2.93. The van der Waals surface area contributed by atoms with E-state index in [1.165, 1.54) is 0 Å². The zero-order valence-corrected chi connectivity index (χ0v) is 10.7. The van der Waals surface area contributed by atoms with Gasteiger partial charge in [-0.3, -0.25) is 9.59 Å².